The standard InChI is InChI=1S/C37H39ClN10O6S/c1-20-21(2)55-37-31(20)33(23-7-9-24(38)10-8-23)41-27(34-45-43-22(3)47(34)37)19-30(50)40-14-16-54-18-17-53-15-13-39-25-5-4-6-26-32(25)36(52)48(46-44-26)28-11-12-29(49)42-35(28)51/h4-10,27-28,39H,11-19H2,1-3H3,(H,40,50)(H,42,49,51). The van der Waals surface area contributed by atoms with Crippen LogP contribution in [0.5, 0.6) is 0 Å². The predicted octanol–water partition coefficient (Wildman–Crippen LogP) is 3.53. The van der Waals surface area contributed by atoms with Gasteiger partial charge in [-0.2, -0.15) is 4.68 Å². The Hall–Kier alpha value is -5.36. The van der Waals surface area contributed by atoms with Gasteiger partial charge >= 0.3 is 0 Å². The molecule has 7 rings (SSSR count). The Morgan fingerprint density at radius 1 is 0.982 bits per heavy atom. The quantitative estimate of drug-likeness (QED) is 0.110. The van der Waals surface area contributed by atoms with E-state index in [2.05, 4.69) is 50.3 Å². The molecule has 2 aliphatic rings. The zero-order valence-electron chi connectivity index (χ0n) is 30.4. The number of amides is 3. The summed E-state index contributed by atoms with van der Waals surface area (Å²) in [6, 6.07) is 11.2. The molecule has 286 valence electrons. The Labute approximate surface area is 324 Å². The normalized spacial score (nSPS) is 16.6. The van der Waals surface area contributed by atoms with Crippen LogP contribution >= 0.6 is 22.9 Å². The minimum absolute atomic E-state index is 0.0757. The second-order valence-electron chi connectivity index (χ2n) is 13.1. The maximum Gasteiger partial charge on any atom is 0.280 e. The number of nitrogens with zero attached hydrogens (tertiary/aromatic N) is 7. The molecule has 16 nitrogen and oxygen atoms in total. The second kappa shape index (κ2) is 16.6. The zero-order chi connectivity index (χ0) is 38.6. The van der Waals surface area contributed by atoms with Crippen molar-refractivity contribution in [1.29, 1.82) is 0 Å². The van der Waals surface area contributed by atoms with Gasteiger partial charge in [0.15, 0.2) is 5.82 Å². The molecule has 1 fully saturated rings. The predicted molar refractivity (Wildman–Crippen MR) is 206 cm³/mol. The number of anilines is 1. The van der Waals surface area contributed by atoms with E-state index >= 15 is 0 Å². The molecule has 0 bridgehead atoms. The third-order valence-corrected chi connectivity index (χ3v) is 10.9. The summed E-state index contributed by atoms with van der Waals surface area (Å²) >= 11 is 7.87. The first kappa shape index (κ1) is 37.9. The van der Waals surface area contributed by atoms with E-state index in [0.717, 1.165) is 37.9 Å². The molecule has 2 aliphatic heterocycles. The van der Waals surface area contributed by atoms with Crippen molar-refractivity contribution in [3.05, 3.63) is 91.1 Å². The van der Waals surface area contributed by atoms with Gasteiger partial charge in [-0.3, -0.25) is 34.1 Å². The fourth-order valence-corrected chi connectivity index (χ4v) is 7.93. The Bertz CT molecular complexity index is 2350. The summed E-state index contributed by atoms with van der Waals surface area (Å²) < 4.78 is 14.4. The van der Waals surface area contributed by atoms with E-state index in [1.807, 2.05) is 35.8 Å². The molecular formula is C37H39ClN10O6S. The molecule has 3 amide bonds. The molecule has 1 saturated heterocycles. The highest BCUT2D eigenvalue weighted by atomic mass is 35.5. The highest BCUT2D eigenvalue weighted by Crippen LogP contribution is 2.39. The molecule has 0 aliphatic carbocycles. The van der Waals surface area contributed by atoms with Crippen LogP contribution in [-0.2, 0) is 23.9 Å². The summed E-state index contributed by atoms with van der Waals surface area (Å²) in [6.07, 6.45) is 0.363. The maximum atomic E-state index is 13.3. The lowest BCUT2D eigenvalue weighted by Crippen LogP contribution is -2.45. The first-order chi connectivity index (χ1) is 26.6. The third-order valence-electron chi connectivity index (χ3n) is 9.46. The van der Waals surface area contributed by atoms with Gasteiger partial charge in [0.05, 0.1) is 43.9 Å². The molecule has 55 heavy (non-hydrogen) atoms. The van der Waals surface area contributed by atoms with E-state index in [1.54, 1.807) is 29.5 Å². The Morgan fingerprint density at radius 3 is 2.51 bits per heavy atom. The van der Waals surface area contributed by atoms with Gasteiger partial charge in [0.25, 0.3) is 11.5 Å². The number of hydrogen-bond donors (Lipinski definition) is 3. The van der Waals surface area contributed by atoms with Crippen LogP contribution in [0, 0.1) is 20.8 Å². The van der Waals surface area contributed by atoms with Crippen molar-refractivity contribution in [2.75, 3.05) is 44.8 Å². The van der Waals surface area contributed by atoms with Gasteiger partial charge in [-0.05, 0) is 57.0 Å². The molecule has 5 aromatic rings. The molecule has 5 heterocycles. The van der Waals surface area contributed by atoms with Crippen molar-refractivity contribution < 1.29 is 23.9 Å². The number of hydrogen-bond acceptors (Lipinski definition) is 13. The summed E-state index contributed by atoms with van der Waals surface area (Å²) in [7, 11) is 0. The smallest absolute Gasteiger partial charge is 0.280 e. The first-order valence-corrected chi connectivity index (χ1v) is 19.0. The molecule has 0 radical (unpaired) electrons. The molecule has 0 saturated carbocycles. The minimum atomic E-state index is -0.910. The lowest BCUT2D eigenvalue weighted by Gasteiger charge is -2.21. The van der Waals surface area contributed by atoms with Crippen molar-refractivity contribution >= 4 is 63.0 Å². The number of fused-ring (bicyclic) bond motifs is 4. The topological polar surface area (TPSA) is 197 Å². The lowest BCUT2D eigenvalue weighted by atomic mass is 9.99. The molecule has 2 atom stereocenters. The van der Waals surface area contributed by atoms with Crippen LogP contribution in [-0.4, -0.2) is 92.7 Å². The van der Waals surface area contributed by atoms with Crippen LogP contribution in [0.15, 0.2) is 52.3 Å². The van der Waals surface area contributed by atoms with E-state index in [1.165, 1.54) is 4.88 Å². The Balaban J connectivity index is 0.879. The number of imide groups is 1. The van der Waals surface area contributed by atoms with Crippen molar-refractivity contribution in [2.24, 2.45) is 4.99 Å². The number of benzene rings is 2. The second-order valence-corrected chi connectivity index (χ2v) is 14.8. The number of ether oxygens (including phenoxy) is 2. The number of aliphatic imine (C=N–C) groups is 1. The third kappa shape index (κ3) is 8.05. The number of halogens is 1. The number of carbonyl (C=O) groups excluding carboxylic acids is 3. The molecule has 2 aromatic carbocycles. The van der Waals surface area contributed by atoms with Crippen molar-refractivity contribution in [3.63, 3.8) is 0 Å². The van der Waals surface area contributed by atoms with Crippen LogP contribution in [0.1, 0.15) is 64.6 Å². The summed E-state index contributed by atoms with van der Waals surface area (Å²) in [5, 5.41) is 27.2. The largest absolute Gasteiger partial charge is 0.382 e. The monoisotopic (exact) mass is 786 g/mol. The fraction of sp³-hybridized carbons (Fsp3) is 0.378. The summed E-state index contributed by atoms with van der Waals surface area (Å²) in [5.41, 5.74) is 4.24. The van der Waals surface area contributed by atoms with Crippen LogP contribution in [0.25, 0.3) is 15.9 Å². The van der Waals surface area contributed by atoms with Gasteiger partial charge in [-0.15, -0.1) is 26.6 Å². The molecular weight excluding hydrogens is 748 g/mol. The maximum absolute atomic E-state index is 13.3. The van der Waals surface area contributed by atoms with Gasteiger partial charge in [0.2, 0.25) is 11.8 Å². The number of aryl methyl sites for hydroxylation is 2. The molecule has 0 spiro atoms. The van der Waals surface area contributed by atoms with Gasteiger partial charge in [-0.25, -0.2) is 0 Å². The van der Waals surface area contributed by atoms with Gasteiger partial charge in [0, 0.05) is 46.2 Å². The fourth-order valence-electron chi connectivity index (χ4n) is 6.59. The number of aromatic nitrogens is 6. The molecule has 3 aromatic heterocycles. The zero-order valence-corrected chi connectivity index (χ0v) is 32.0. The van der Waals surface area contributed by atoms with E-state index in [0.29, 0.717) is 67.0 Å². The van der Waals surface area contributed by atoms with Crippen LogP contribution in [0.3, 0.4) is 0 Å². The van der Waals surface area contributed by atoms with E-state index in [-0.39, 0.29) is 31.1 Å². The summed E-state index contributed by atoms with van der Waals surface area (Å²) in [6.45, 7) is 8.01. The highest BCUT2D eigenvalue weighted by Gasteiger charge is 2.33. The van der Waals surface area contributed by atoms with Crippen LogP contribution in [0.4, 0.5) is 5.69 Å². The summed E-state index contributed by atoms with van der Waals surface area (Å²) in [5.74, 6) is 0.188. The number of carbonyl (C=O) groups is 3. The Kier molecular flexibility index (Phi) is 11.4. The number of rotatable bonds is 14. The number of piperidine rings is 1. The van der Waals surface area contributed by atoms with Crippen molar-refractivity contribution in [2.45, 2.75) is 52.1 Å². The van der Waals surface area contributed by atoms with Crippen LogP contribution < -0.4 is 21.5 Å². The average molecular weight is 787 g/mol. The van der Waals surface area contributed by atoms with E-state index in [9.17, 15) is 19.2 Å². The van der Waals surface area contributed by atoms with Crippen molar-refractivity contribution in [1.82, 2.24) is 40.4 Å². The number of thiophene rings is 1. The SMILES string of the molecule is Cc1sc2c(c1C)C(c1ccc(Cl)cc1)=NC(CC(=O)NCCOCCOCCNc1cccc3nnn(C4CCC(=O)NC4=O)c(=O)c13)c1nnc(C)n1-2. The van der Waals surface area contributed by atoms with E-state index in [4.69, 9.17) is 26.1 Å². The van der Waals surface area contributed by atoms with E-state index < -0.39 is 23.6 Å². The summed E-state index contributed by atoms with van der Waals surface area (Å²) in [4.78, 5) is 56.8. The van der Waals surface area contributed by atoms with Gasteiger partial charge < -0.3 is 20.1 Å². The highest BCUT2D eigenvalue weighted by molar-refractivity contribution is 7.15. The van der Waals surface area contributed by atoms with Crippen molar-refractivity contribution in [3.8, 4) is 5.00 Å². The van der Waals surface area contributed by atoms with Gasteiger partial charge in [0.1, 0.15) is 28.4 Å². The molecule has 18 heteroatoms. The van der Waals surface area contributed by atoms with Crippen LogP contribution in [0.2, 0.25) is 5.02 Å². The number of nitrogens with one attached hydrogen (secondary N) is 3. The average Bonchev–Trinajstić information content (AvgIpc) is 3.64. The van der Waals surface area contributed by atoms with Gasteiger partial charge in [-0.1, -0.05) is 35.0 Å². The molecule has 2 unspecified atom stereocenters. The lowest BCUT2D eigenvalue weighted by molar-refractivity contribution is -0.136. The Morgan fingerprint density at radius 2 is 1.75 bits per heavy atom. The first-order valence-electron chi connectivity index (χ1n) is 17.8. The minimum Gasteiger partial charge on any atom is -0.382 e. The molecule has 3 N–H and O–H groups in total.